The Morgan fingerprint density at radius 2 is 2.06 bits per heavy atom. The Morgan fingerprint density at radius 3 is 2.84 bits per heavy atom. The van der Waals surface area contributed by atoms with Crippen LogP contribution in [0.4, 0.5) is 16.3 Å². The van der Waals surface area contributed by atoms with Crippen molar-refractivity contribution < 1.29 is 14.3 Å². The Hall–Kier alpha value is -2.87. The number of piperidine rings is 1. The molecular weight excluding hydrogens is 430 g/mol. The molecule has 170 valence electrons. The molecule has 32 heavy (non-hydrogen) atoms. The lowest BCUT2D eigenvalue weighted by molar-refractivity contribution is -0.116. The third-order valence-electron chi connectivity index (χ3n) is 5.49. The number of carbonyl (C=O) groups is 2. The summed E-state index contributed by atoms with van der Waals surface area (Å²) in [7, 11) is 0. The smallest absolute Gasteiger partial charge is 0.407 e. The molecule has 2 N–H and O–H groups in total. The van der Waals surface area contributed by atoms with Gasteiger partial charge in [-0.25, -0.2) is 14.8 Å². The summed E-state index contributed by atoms with van der Waals surface area (Å²) in [6.07, 6.45) is 6.02. The van der Waals surface area contributed by atoms with Gasteiger partial charge in [-0.1, -0.05) is 11.6 Å². The summed E-state index contributed by atoms with van der Waals surface area (Å²) in [6, 6.07) is 3.88. The van der Waals surface area contributed by atoms with Gasteiger partial charge >= 0.3 is 6.09 Å². The van der Waals surface area contributed by atoms with Crippen molar-refractivity contribution >= 4 is 35.1 Å². The van der Waals surface area contributed by atoms with E-state index in [1.54, 1.807) is 12.4 Å². The van der Waals surface area contributed by atoms with Crippen LogP contribution in [-0.2, 0) is 16.0 Å². The zero-order valence-corrected chi connectivity index (χ0v) is 19.3. The van der Waals surface area contributed by atoms with Gasteiger partial charge in [0.15, 0.2) is 0 Å². The van der Waals surface area contributed by atoms with Crippen molar-refractivity contribution in [3.63, 3.8) is 0 Å². The lowest BCUT2D eigenvalue weighted by Crippen LogP contribution is -2.49. The Balaban J connectivity index is 1.57. The summed E-state index contributed by atoms with van der Waals surface area (Å²) in [5, 5.41) is 6.21. The Morgan fingerprint density at radius 1 is 1.25 bits per heavy atom. The zero-order chi connectivity index (χ0) is 22.9. The number of amides is 2. The minimum atomic E-state index is -0.539. The number of aryl methyl sites for hydroxylation is 1. The van der Waals surface area contributed by atoms with Crippen LogP contribution in [0, 0.1) is 0 Å². The first kappa shape index (κ1) is 22.3. The molecule has 4 rings (SSSR count). The number of fused-ring (bicyclic) bond motifs is 1. The van der Waals surface area contributed by atoms with Crippen molar-refractivity contribution in [2.75, 3.05) is 23.3 Å². The molecule has 0 bridgehead atoms. The van der Waals surface area contributed by atoms with Crippen molar-refractivity contribution in [2.45, 2.75) is 58.1 Å². The average Bonchev–Trinajstić information content (AvgIpc) is 2.72. The maximum absolute atomic E-state index is 12.3. The highest BCUT2D eigenvalue weighted by Crippen LogP contribution is 2.35. The van der Waals surface area contributed by atoms with Gasteiger partial charge in [0.05, 0.1) is 0 Å². The SMILES string of the molecule is CC(C)(C)OC(=O)N[C@H]1CCCN(c2cc(Cl)ncc2-c2cnc3c(c2)CCC(=O)N3)C1. The molecule has 0 unspecified atom stereocenters. The van der Waals surface area contributed by atoms with Gasteiger partial charge in [-0.3, -0.25) is 4.79 Å². The molecule has 8 nitrogen and oxygen atoms in total. The molecule has 4 heterocycles. The molecular formula is C23H28ClN5O3. The average molecular weight is 458 g/mol. The van der Waals surface area contributed by atoms with Gasteiger partial charge in [-0.15, -0.1) is 0 Å². The number of hydrogen-bond acceptors (Lipinski definition) is 6. The normalized spacial score (nSPS) is 18.6. The second kappa shape index (κ2) is 8.94. The number of pyridine rings is 2. The Labute approximate surface area is 192 Å². The van der Waals surface area contributed by atoms with Crippen LogP contribution in [0.5, 0.6) is 0 Å². The van der Waals surface area contributed by atoms with E-state index in [2.05, 4.69) is 31.6 Å². The van der Waals surface area contributed by atoms with E-state index in [1.165, 1.54) is 0 Å². The maximum Gasteiger partial charge on any atom is 0.407 e. The molecule has 0 saturated carbocycles. The second-order valence-corrected chi connectivity index (χ2v) is 9.62. The van der Waals surface area contributed by atoms with Crippen LogP contribution in [-0.4, -0.2) is 46.7 Å². The minimum absolute atomic E-state index is 0.0107. The van der Waals surface area contributed by atoms with Crippen LogP contribution >= 0.6 is 11.6 Å². The van der Waals surface area contributed by atoms with Gasteiger partial charge < -0.3 is 20.3 Å². The van der Waals surface area contributed by atoms with Crippen LogP contribution < -0.4 is 15.5 Å². The van der Waals surface area contributed by atoms with Gasteiger partial charge in [0.1, 0.15) is 16.6 Å². The van der Waals surface area contributed by atoms with Crippen molar-refractivity contribution in [3.05, 3.63) is 35.2 Å². The predicted octanol–water partition coefficient (Wildman–Crippen LogP) is 4.18. The van der Waals surface area contributed by atoms with Crippen molar-refractivity contribution in [2.24, 2.45) is 0 Å². The molecule has 0 radical (unpaired) electrons. The molecule has 2 aromatic rings. The first-order valence-electron chi connectivity index (χ1n) is 10.9. The van der Waals surface area contributed by atoms with Crippen LogP contribution in [0.25, 0.3) is 11.1 Å². The van der Waals surface area contributed by atoms with Crippen molar-refractivity contribution in [1.82, 2.24) is 15.3 Å². The van der Waals surface area contributed by atoms with E-state index in [0.29, 0.717) is 30.4 Å². The van der Waals surface area contributed by atoms with E-state index in [9.17, 15) is 9.59 Å². The summed E-state index contributed by atoms with van der Waals surface area (Å²) >= 11 is 6.26. The van der Waals surface area contributed by atoms with E-state index in [4.69, 9.17) is 16.3 Å². The van der Waals surface area contributed by atoms with Gasteiger partial charge in [0.25, 0.3) is 0 Å². The van der Waals surface area contributed by atoms with Gasteiger partial charge in [-0.2, -0.15) is 0 Å². The number of nitrogens with zero attached hydrogens (tertiary/aromatic N) is 3. The first-order valence-corrected chi connectivity index (χ1v) is 11.2. The third kappa shape index (κ3) is 5.30. The van der Waals surface area contributed by atoms with E-state index in [1.807, 2.05) is 26.8 Å². The largest absolute Gasteiger partial charge is 0.444 e. The molecule has 2 amide bonds. The molecule has 2 aliphatic heterocycles. The highest BCUT2D eigenvalue weighted by molar-refractivity contribution is 6.29. The second-order valence-electron chi connectivity index (χ2n) is 9.24. The summed E-state index contributed by atoms with van der Waals surface area (Å²) < 4.78 is 5.42. The van der Waals surface area contributed by atoms with Crippen LogP contribution in [0.15, 0.2) is 24.5 Å². The Bertz CT molecular complexity index is 1040. The molecule has 9 heteroatoms. The molecule has 0 aliphatic carbocycles. The van der Waals surface area contributed by atoms with E-state index >= 15 is 0 Å². The number of nitrogens with one attached hydrogen (secondary N) is 2. The number of rotatable bonds is 3. The quantitative estimate of drug-likeness (QED) is 0.671. The number of hydrogen-bond donors (Lipinski definition) is 2. The van der Waals surface area contributed by atoms with E-state index < -0.39 is 11.7 Å². The van der Waals surface area contributed by atoms with Gasteiger partial charge in [0.2, 0.25) is 5.91 Å². The van der Waals surface area contributed by atoms with Gasteiger partial charge in [-0.05, 0) is 57.7 Å². The lowest BCUT2D eigenvalue weighted by Gasteiger charge is -2.36. The van der Waals surface area contributed by atoms with Crippen LogP contribution in [0.2, 0.25) is 5.15 Å². The fourth-order valence-corrected chi connectivity index (χ4v) is 4.25. The fourth-order valence-electron chi connectivity index (χ4n) is 4.10. The molecule has 1 atom stereocenters. The molecule has 0 aromatic carbocycles. The lowest BCUT2D eigenvalue weighted by atomic mass is 9.99. The predicted molar refractivity (Wildman–Crippen MR) is 124 cm³/mol. The molecule has 1 fully saturated rings. The molecule has 0 spiro atoms. The first-order chi connectivity index (χ1) is 15.2. The maximum atomic E-state index is 12.3. The number of anilines is 2. The van der Waals surface area contributed by atoms with Crippen LogP contribution in [0.1, 0.15) is 45.6 Å². The Kier molecular flexibility index (Phi) is 6.24. The van der Waals surface area contributed by atoms with E-state index in [0.717, 1.165) is 41.8 Å². The van der Waals surface area contributed by atoms with E-state index in [-0.39, 0.29) is 11.9 Å². The molecule has 2 aliphatic rings. The highest BCUT2D eigenvalue weighted by atomic mass is 35.5. The topological polar surface area (TPSA) is 96.4 Å². The number of carbonyl (C=O) groups excluding carboxylic acids is 2. The fraction of sp³-hybridized carbons (Fsp3) is 0.478. The standard InChI is InChI=1S/C23H28ClN5O3/c1-23(2,3)32-22(31)27-16-5-4-8-29(13-16)18-10-19(24)25-12-17(18)15-9-14-6-7-20(30)28-21(14)26-11-15/h9-12,16H,4-8,13H2,1-3H3,(H,27,31)(H,26,28,30)/t16-/m0/s1. The van der Waals surface area contributed by atoms with Crippen molar-refractivity contribution in [1.29, 1.82) is 0 Å². The number of aromatic nitrogens is 2. The van der Waals surface area contributed by atoms with Crippen molar-refractivity contribution in [3.8, 4) is 11.1 Å². The minimum Gasteiger partial charge on any atom is -0.444 e. The number of ether oxygens (including phenoxy) is 1. The number of halogens is 1. The zero-order valence-electron chi connectivity index (χ0n) is 18.6. The third-order valence-corrected chi connectivity index (χ3v) is 5.70. The summed E-state index contributed by atoms with van der Waals surface area (Å²) in [6.45, 7) is 7.03. The molecule has 1 saturated heterocycles. The van der Waals surface area contributed by atoms with Gasteiger partial charge in [0, 0.05) is 54.8 Å². The summed E-state index contributed by atoms with van der Waals surface area (Å²) in [5.41, 5.74) is 3.25. The monoisotopic (exact) mass is 457 g/mol. The summed E-state index contributed by atoms with van der Waals surface area (Å²) in [4.78, 5) is 34.9. The van der Waals surface area contributed by atoms with Crippen LogP contribution in [0.3, 0.4) is 0 Å². The molecule has 2 aromatic heterocycles. The number of alkyl carbamates (subject to hydrolysis) is 1. The summed E-state index contributed by atoms with van der Waals surface area (Å²) in [5.74, 6) is 0.608. The highest BCUT2D eigenvalue weighted by Gasteiger charge is 2.26.